The Morgan fingerprint density at radius 3 is 2.81 bits per heavy atom. The summed E-state index contributed by atoms with van der Waals surface area (Å²) in [6.07, 6.45) is 2.77. The van der Waals surface area contributed by atoms with Gasteiger partial charge in [-0.1, -0.05) is 13.8 Å². The van der Waals surface area contributed by atoms with Crippen molar-refractivity contribution >= 4 is 5.97 Å². The van der Waals surface area contributed by atoms with Crippen LogP contribution in [0.4, 0.5) is 0 Å². The van der Waals surface area contributed by atoms with Crippen LogP contribution in [0.15, 0.2) is 0 Å². The highest BCUT2D eigenvalue weighted by atomic mass is 16.5. The molecule has 3 N–H and O–H groups in total. The van der Waals surface area contributed by atoms with Crippen molar-refractivity contribution in [2.75, 3.05) is 39.3 Å². The third-order valence-electron chi connectivity index (χ3n) is 3.97. The number of piperidine rings is 1. The van der Waals surface area contributed by atoms with Gasteiger partial charge < -0.3 is 20.7 Å². The summed E-state index contributed by atoms with van der Waals surface area (Å²) >= 11 is 0. The molecule has 1 aliphatic heterocycles. The predicted molar refractivity (Wildman–Crippen MR) is 86.1 cm³/mol. The van der Waals surface area contributed by atoms with Crippen LogP contribution in [0, 0.1) is 11.8 Å². The van der Waals surface area contributed by atoms with E-state index in [0.717, 1.165) is 38.5 Å². The van der Waals surface area contributed by atoms with Crippen LogP contribution in [-0.2, 0) is 9.53 Å². The lowest BCUT2D eigenvalue weighted by Crippen LogP contribution is -2.51. The summed E-state index contributed by atoms with van der Waals surface area (Å²) < 4.78 is 5.09. The van der Waals surface area contributed by atoms with Gasteiger partial charge in [0.2, 0.25) is 0 Å². The maximum atomic E-state index is 11.7. The number of esters is 1. The van der Waals surface area contributed by atoms with Gasteiger partial charge in [0.05, 0.1) is 6.61 Å². The van der Waals surface area contributed by atoms with Gasteiger partial charge in [0.25, 0.3) is 0 Å². The van der Waals surface area contributed by atoms with Crippen LogP contribution in [0.3, 0.4) is 0 Å². The van der Waals surface area contributed by atoms with Crippen molar-refractivity contribution in [1.29, 1.82) is 0 Å². The molecule has 0 saturated carbocycles. The largest absolute Gasteiger partial charge is 0.466 e. The predicted octanol–water partition coefficient (Wildman–Crippen LogP) is 1.22. The Labute approximate surface area is 129 Å². The minimum absolute atomic E-state index is 0.0713. The Morgan fingerprint density at radius 2 is 2.19 bits per heavy atom. The molecular formula is C16H33N3O2. The Bertz CT molecular complexity index is 297. The number of rotatable bonds is 9. The molecule has 1 fully saturated rings. The zero-order valence-corrected chi connectivity index (χ0v) is 13.9. The first-order valence-electron chi connectivity index (χ1n) is 8.36. The summed E-state index contributed by atoms with van der Waals surface area (Å²) in [5.74, 6) is 1.02. The van der Waals surface area contributed by atoms with Gasteiger partial charge >= 0.3 is 5.97 Å². The Balaban J connectivity index is 2.45. The lowest BCUT2D eigenvalue weighted by molar-refractivity contribution is -0.144. The molecule has 5 nitrogen and oxygen atoms in total. The van der Waals surface area contributed by atoms with Crippen LogP contribution in [0.2, 0.25) is 0 Å². The van der Waals surface area contributed by atoms with Crippen molar-refractivity contribution < 1.29 is 9.53 Å². The fraction of sp³-hybridized carbons (Fsp3) is 0.938. The number of ether oxygens (including phenoxy) is 1. The lowest BCUT2D eigenvalue weighted by atomic mass is 9.91. The van der Waals surface area contributed by atoms with E-state index in [2.05, 4.69) is 24.1 Å². The van der Waals surface area contributed by atoms with Gasteiger partial charge in [-0.15, -0.1) is 0 Å². The molecule has 0 amide bonds. The number of hydrogen-bond acceptors (Lipinski definition) is 5. The highest BCUT2D eigenvalue weighted by Crippen LogP contribution is 2.20. The standard InChI is InChI=1S/C16H33N3O2/c1-4-21-16(20)10-14-9-15(18-7-5-13(2)3)12-19(11-14)8-6-17/h13-15,18H,4-12,17H2,1-3H3. The molecule has 1 heterocycles. The molecule has 0 spiro atoms. The molecule has 2 atom stereocenters. The minimum Gasteiger partial charge on any atom is -0.466 e. The fourth-order valence-electron chi connectivity index (χ4n) is 3.00. The summed E-state index contributed by atoms with van der Waals surface area (Å²) in [5.41, 5.74) is 5.69. The second-order valence-electron chi connectivity index (χ2n) is 6.49. The van der Waals surface area contributed by atoms with Crippen molar-refractivity contribution in [2.45, 2.75) is 46.1 Å². The molecule has 1 saturated heterocycles. The van der Waals surface area contributed by atoms with E-state index in [1.54, 1.807) is 0 Å². The van der Waals surface area contributed by atoms with Crippen molar-refractivity contribution in [3.63, 3.8) is 0 Å². The van der Waals surface area contributed by atoms with Gasteiger partial charge in [0.15, 0.2) is 0 Å². The van der Waals surface area contributed by atoms with E-state index in [1.807, 2.05) is 6.92 Å². The zero-order valence-electron chi connectivity index (χ0n) is 13.9. The summed E-state index contributed by atoms with van der Waals surface area (Å²) in [6, 6.07) is 0.462. The van der Waals surface area contributed by atoms with Crippen molar-refractivity contribution in [2.24, 2.45) is 17.6 Å². The quantitative estimate of drug-likeness (QED) is 0.627. The van der Waals surface area contributed by atoms with Gasteiger partial charge in [-0.05, 0) is 38.1 Å². The molecule has 1 aliphatic rings. The highest BCUT2D eigenvalue weighted by molar-refractivity contribution is 5.69. The smallest absolute Gasteiger partial charge is 0.306 e. The maximum Gasteiger partial charge on any atom is 0.306 e. The van der Waals surface area contributed by atoms with Gasteiger partial charge in [-0.3, -0.25) is 4.79 Å². The molecule has 0 aromatic carbocycles. The second-order valence-corrected chi connectivity index (χ2v) is 6.49. The van der Waals surface area contributed by atoms with Crippen molar-refractivity contribution in [3.8, 4) is 0 Å². The third-order valence-corrected chi connectivity index (χ3v) is 3.97. The SMILES string of the molecule is CCOC(=O)CC1CC(NCCC(C)C)CN(CCN)C1. The second kappa shape index (κ2) is 10.1. The average molecular weight is 299 g/mol. The summed E-state index contributed by atoms with van der Waals surface area (Å²) in [5, 5.41) is 3.64. The number of nitrogens with zero attached hydrogens (tertiary/aromatic N) is 1. The van der Waals surface area contributed by atoms with E-state index in [4.69, 9.17) is 10.5 Å². The number of carbonyl (C=O) groups is 1. The van der Waals surface area contributed by atoms with Crippen molar-refractivity contribution in [1.82, 2.24) is 10.2 Å². The Hall–Kier alpha value is -0.650. The van der Waals surface area contributed by atoms with Gasteiger partial charge in [-0.2, -0.15) is 0 Å². The first-order chi connectivity index (χ1) is 10.0. The molecule has 2 unspecified atom stereocenters. The Kier molecular flexibility index (Phi) is 8.88. The van der Waals surface area contributed by atoms with Crippen LogP contribution in [-0.4, -0.2) is 56.2 Å². The average Bonchev–Trinajstić information content (AvgIpc) is 2.38. The molecule has 21 heavy (non-hydrogen) atoms. The summed E-state index contributed by atoms with van der Waals surface area (Å²) in [4.78, 5) is 14.1. The molecule has 1 rings (SSSR count). The van der Waals surface area contributed by atoms with E-state index >= 15 is 0 Å². The third kappa shape index (κ3) is 7.79. The van der Waals surface area contributed by atoms with E-state index < -0.39 is 0 Å². The van der Waals surface area contributed by atoms with Crippen LogP contribution < -0.4 is 11.1 Å². The fourth-order valence-corrected chi connectivity index (χ4v) is 3.00. The lowest BCUT2D eigenvalue weighted by Gasteiger charge is -2.38. The van der Waals surface area contributed by atoms with Crippen LogP contribution >= 0.6 is 0 Å². The zero-order chi connectivity index (χ0) is 15.7. The van der Waals surface area contributed by atoms with Gasteiger partial charge in [0.1, 0.15) is 0 Å². The van der Waals surface area contributed by atoms with E-state index in [9.17, 15) is 4.79 Å². The summed E-state index contributed by atoms with van der Waals surface area (Å²) in [7, 11) is 0. The molecule has 0 aromatic heterocycles. The molecule has 0 aromatic rings. The first kappa shape index (κ1) is 18.4. The number of likely N-dealkylation sites (tertiary alicyclic amines) is 1. The molecule has 124 valence electrons. The topological polar surface area (TPSA) is 67.6 Å². The first-order valence-corrected chi connectivity index (χ1v) is 8.36. The Morgan fingerprint density at radius 1 is 1.43 bits per heavy atom. The van der Waals surface area contributed by atoms with Crippen LogP contribution in [0.25, 0.3) is 0 Å². The molecular weight excluding hydrogens is 266 g/mol. The molecule has 0 bridgehead atoms. The van der Waals surface area contributed by atoms with Gasteiger partial charge in [0, 0.05) is 38.6 Å². The normalized spacial score (nSPS) is 23.5. The minimum atomic E-state index is -0.0713. The van der Waals surface area contributed by atoms with Crippen LogP contribution in [0.1, 0.15) is 40.0 Å². The van der Waals surface area contributed by atoms with E-state index in [0.29, 0.717) is 31.5 Å². The number of hydrogen-bond donors (Lipinski definition) is 2. The van der Waals surface area contributed by atoms with Crippen molar-refractivity contribution in [3.05, 3.63) is 0 Å². The number of nitrogens with one attached hydrogen (secondary N) is 1. The van der Waals surface area contributed by atoms with Crippen LogP contribution in [0.5, 0.6) is 0 Å². The molecule has 0 aliphatic carbocycles. The summed E-state index contributed by atoms with van der Waals surface area (Å²) in [6.45, 7) is 11.4. The van der Waals surface area contributed by atoms with E-state index in [1.165, 1.54) is 6.42 Å². The monoisotopic (exact) mass is 299 g/mol. The number of carbonyl (C=O) groups excluding carboxylic acids is 1. The highest BCUT2D eigenvalue weighted by Gasteiger charge is 2.28. The number of nitrogens with two attached hydrogens (primary N) is 1. The van der Waals surface area contributed by atoms with Gasteiger partial charge in [-0.25, -0.2) is 0 Å². The molecule has 5 heteroatoms. The van der Waals surface area contributed by atoms with E-state index in [-0.39, 0.29) is 5.97 Å². The maximum absolute atomic E-state index is 11.7. The molecule has 0 radical (unpaired) electrons.